The molecule has 0 radical (unpaired) electrons. The van der Waals surface area contributed by atoms with Gasteiger partial charge in [-0.3, -0.25) is 0 Å². The highest BCUT2D eigenvalue weighted by atomic mass is 16.5. The number of pyridine rings is 2. The molecule has 4 aromatic rings. The smallest absolute Gasteiger partial charge is 0.255 e. The Bertz CT molecular complexity index is 1070. The van der Waals surface area contributed by atoms with E-state index in [-0.39, 0.29) is 0 Å². The van der Waals surface area contributed by atoms with E-state index in [4.69, 9.17) is 19.7 Å². The number of hydrogen-bond acceptors (Lipinski definition) is 7. The van der Waals surface area contributed by atoms with Crippen LogP contribution in [0.5, 0.6) is 11.8 Å². The fourth-order valence-corrected chi connectivity index (χ4v) is 2.92. The molecule has 0 bridgehead atoms. The van der Waals surface area contributed by atoms with Gasteiger partial charge < -0.3 is 19.7 Å². The number of nitrogens with two attached hydrogens (primary N) is 1. The van der Waals surface area contributed by atoms with Crippen molar-refractivity contribution in [2.75, 3.05) is 12.3 Å². The summed E-state index contributed by atoms with van der Waals surface area (Å²) in [4.78, 5) is 8.37. The summed E-state index contributed by atoms with van der Waals surface area (Å²) in [7, 11) is 0. The molecule has 152 valence electrons. The molecule has 7 nitrogen and oxygen atoms in total. The van der Waals surface area contributed by atoms with Crippen LogP contribution in [0.4, 0.5) is 5.82 Å². The molecule has 0 spiro atoms. The molecule has 1 aromatic carbocycles. The predicted octanol–water partition coefficient (Wildman–Crippen LogP) is 4.30. The molecule has 0 atom stereocenters. The number of aromatic nitrogens is 3. The van der Waals surface area contributed by atoms with Crippen LogP contribution in [0.2, 0.25) is 0 Å². The van der Waals surface area contributed by atoms with E-state index in [2.05, 4.69) is 27.3 Å². The van der Waals surface area contributed by atoms with Gasteiger partial charge in [-0.05, 0) is 41.8 Å². The van der Waals surface area contributed by atoms with Gasteiger partial charge >= 0.3 is 0 Å². The molecule has 4 rings (SSSR count). The van der Waals surface area contributed by atoms with Gasteiger partial charge in [0.05, 0.1) is 12.2 Å². The zero-order valence-corrected chi connectivity index (χ0v) is 16.4. The summed E-state index contributed by atoms with van der Waals surface area (Å²) in [6.07, 6.45) is 5.27. The fourth-order valence-electron chi connectivity index (χ4n) is 2.92. The predicted molar refractivity (Wildman–Crippen MR) is 113 cm³/mol. The monoisotopic (exact) mass is 402 g/mol. The molecule has 0 unspecified atom stereocenters. The van der Waals surface area contributed by atoms with Gasteiger partial charge in [0.25, 0.3) is 5.88 Å². The minimum Gasteiger partial charge on any atom is -0.478 e. The zero-order valence-electron chi connectivity index (χ0n) is 16.4. The molecular formula is C23H22N4O3. The van der Waals surface area contributed by atoms with E-state index in [0.29, 0.717) is 42.1 Å². The maximum absolute atomic E-state index is 5.85. The highest BCUT2D eigenvalue weighted by Crippen LogP contribution is 2.27. The number of aryl methyl sites for hydroxylation is 1. The van der Waals surface area contributed by atoms with Gasteiger partial charge in [-0.15, -0.1) is 0 Å². The summed E-state index contributed by atoms with van der Waals surface area (Å²) in [5.74, 6) is 1.86. The lowest BCUT2D eigenvalue weighted by atomic mass is 10.1. The van der Waals surface area contributed by atoms with Crippen LogP contribution < -0.4 is 15.2 Å². The lowest BCUT2D eigenvalue weighted by molar-refractivity contribution is 0.269. The normalized spacial score (nSPS) is 10.7. The highest BCUT2D eigenvalue weighted by molar-refractivity contribution is 5.69. The Balaban J connectivity index is 1.24. The first-order chi connectivity index (χ1) is 14.8. The summed E-state index contributed by atoms with van der Waals surface area (Å²) in [6.45, 7) is 0.937. The van der Waals surface area contributed by atoms with E-state index in [1.807, 2.05) is 36.4 Å². The van der Waals surface area contributed by atoms with Crippen molar-refractivity contribution in [3.8, 4) is 23.1 Å². The molecule has 30 heavy (non-hydrogen) atoms. The van der Waals surface area contributed by atoms with E-state index >= 15 is 0 Å². The summed E-state index contributed by atoms with van der Waals surface area (Å²) in [5.41, 5.74) is 8.74. The van der Waals surface area contributed by atoms with Gasteiger partial charge in [0.1, 0.15) is 12.4 Å². The van der Waals surface area contributed by atoms with Crippen molar-refractivity contribution in [2.24, 2.45) is 0 Å². The number of benzene rings is 1. The minimum atomic E-state index is 0.315. The van der Waals surface area contributed by atoms with Gasteiger partial charge in [-0.1, -0.05) is 30.3 Å². The second kappa shape index (κ2) is 9.56. The largest absolute Gasteiger partial charge is 0.478 e. The second-order valence-electron chi connectivity index (χ2n) is 6.70. The number of ether oxygens (including phenoxy) is 2. The molecular weight excluding hydrogens is 380 g/mol. The second-order valence-corrected chi connectivity index (χ2v) is 6.70. The van der Waals surface area contributed by atoms with E-state index in [1.54, 1.807) is 24.5 Å². The third kappa shape index (κ3) is 5.14. The number of nitrogen functional groups attached to an aromatic ring is 1. The number of nitrogens with zero attached hydrogens (tertiary/aromatic N) is 3. The van der Waals surface area contributed by atoms with Gasteiger partial charge in [-0.25, -0.2) is 9.97 Å². The SMILES string of the molecule is Nc1ncccc1-c1cc(OCc2ccc(OCCCc3ccccc3)nc2)no1. The molecule has 2 N–H and O–H groups in total. The molecule has 0 aliphatic rings. The quantitative estimate of drug-likeness (QED) is 0.417. The standard InChI is InChI=1S/C23H22N4O3/c24-23-19(9-4-12-25-23)20-14-22(27-30-20)29-16-18-10-11-21(26-15-18)28-13-5-8-17-6-2-1-3-7-17/h1-4,6-7,9-12,14-15H,5,8,13,16H2,(H2,24,25). The van der Waals surface area contributed by atoms with Crippen molar-refractivity contribution >= 4 is 5.82 Å². The Morgan fingerprint density at radius 3 is 2.57 bits per heavy atom. The molecule has 3 aromatic heterocycles. The van der Waals surface area contributed by atoms with Gasteiger partial charge in [0.15, 0.2) is 5.76 Å². The number of anilines is 1. The van der Waals surface area contributed by atoms with Crippen LogP contribution in [0, 0.1) is 0 Å². The van der Waals surface area contributed by atoms with Crippen LogP contribution in [-0.2, 0) is 13.0 Å². The topological polar surface area (TPSA) is 96.3 Å². The maximum Gasteiger partial charge on any atom is 0.255 e. The van der Waals surface area contributed by atoms with Crippen molar-refractivity contribution in [1.82, 2.24) is 15.1 Å². The molecule has 3 heterocycles. The van der Waals surface area contributed by atoms with E-state index in [1.165, 1.54) is 5.56 Å². The fraction of sp³-hybridized carbons (Fsp3) is 0.174. The van der Waals surface area contributed by atoms with Crippen molar-refractivity contribution in [2.45, 2.75) is 19.4 Å². The molecule has 0 aliphatic heterocycles. The van der Waals surface area contributed by atoms with Crippen LogP contribution in [-0.4, -0.2) is 21.7 Å². The van der Waals surface area contributed by atoms with E-state index in [0.717, 1.165) is 18.4 Å². The third-order valence-corrected chi connectivity index (χ3v) is 4.48. The average Bonchev–Trinajstić information content (AvgIpc) is 3.26. The number of hydrogen-bond donors (Lipinski definition) is 1. The highest BCUT2D eigenvalue weighted by Gasteiger charge is 2.11. The van der Waals surface area contributed by atoms with Crippen LogP contribution >= 0.6 is 0 Å². The van der Waals surface area contributed by atoms with Gasteiger partial charge in [0, 0.05) is 30.1 Å². The van der Waals surface area contributed by atoms with Crippen LogP contribution in [0.15, 0.2) is 77.6 Å². The van der Waals surface area contributed by atoms with Crippen LogP contribution in [0.3, 0.4) is 0 Å². The molecule has 0 saturated carbocycles. The maximum atomic E-state index is 5.85. The Morgan fingerprint density at radius 1 is 0.867 bits per heavy atom. The molecule has 0 fully saturated rings. The van der Waals surface area contributed by atoms with Gasteiger partial charge in [-0.2, -0.15) is 0 Å². The van der Waals surface area contributed by atoms with Gasteiger partial charge in [0.2, 0.25) is 5.88 Å². The zero-order chi connectivity index (χ0) is 20.6. The van der Waals surface area contributed by atoms with Crippen molar-refractivity contribution in [3.63, 3.8) is 0 Å². The minimum absolute atomic E-state index is 0.315. The molecule has 0 saturated heterocycles. The molecule has 0 amide bonds. The molecule has 0 aliphatic carbocycles. The van der Waals surface area contributed by atoms with Crippen LogP contribution in [0.25, 0.3) is 11.3 Å². The summed E-state index contributed by atoms with van der Waals surface area (Å²) in [5, 5.41) is 3.92. The first-order valence-electron chi connectivity index (χ1n) is 9.70. The summed E-state index contributed by atoms with van der Waals surface area (Å²) in [6, 6.07) is 19.4. The number of rotatable bonds is 9. The third-order valence-electron chi connectivity index (χ3n) is 4.48. The van der Waals surface area contributed by atoms with Crippen LogP contribution in [0.1, 0.15) is 17.5 Å². The summed E-state index contributed by atoms with van der Waals surface area (Å²) < 4.78 is 16.7. The average molecular weight is 402 g/mol. The first kappa shape index (κ1) is 19.4. The first-order valence-corrected chi connectivity index (χ1v) is 9.70. The van der Waals surface area contributed by atoms with E-state index < -0.39 is 0 Å². The lowest BCUT2D eigenvalue weighted by Crippen LogP contribution is -2.02. The Labute approximate surface area is 174 Å². The Hall–Kier alpha value is -3.87. The van der Waals surface area contributed by atoms with Crippen molar-refractivity contribution in [3.05, 3.63) is 84.2 Å². The van der Waals surface area contributed by atoms with Crippen molar-refractivity contribution in [1.29, 1.82) is 0 Å². The van der Waals surface area contributed by atoms with Crippen molar-refractivity contribution < 1.29 is 14.0 Å². The Morgan fingerprint density at radius 2 is 1.77 bits per heavy atom. The Kier molecular flexibility index (Phi) is 6.19. The molecule has 7 heteroatoms. The van der Waals surface area contributed by atoms with E-state index in [9.17, 15) is 0 Å². The lowest BCUT2D eigenvalue weighted by Gasteiger charge is -2.06. The summed E-state index contributed by atoms with van der Waals surface area (Å²) >= 11 is 0.